The van der Waals surface area contributed by atoms with Gasteiger partial charge in [-0.15, -0.1) is 0 Å². The predicted molar refractivity (Wildman–Crippen MR) is 114 cm³/mol. The van der Waals surface area contributed by atoms with Gasteiger partial charge in [-0.3, -0.25) is 0 Å². The van der Waals surface area contributed by atoms with Crippen molar-refractivity contribution in [2.24, 2.45) is 5.92 Å². The van der Waals surface area contributed by atoms with Gasteiger partial charge in [0.2, 0.25) is 10.0 Å². The second-order valence-corrected chi connectivity index (χ2v) is 10.6. The summed E-state index contributed by atoms with van der Waals surface area (Å²) in [6.45, 7) is 6.96. The molecule has 1 aliphatic heterocycles. The number of aryl methyl sites for hydroxylation is 1. The summed E-state index contributed by atoms with van der Waals surface area (Å²) in [6.07, 6.45) is 9.97. The summed E-state index contributed by atoms with van der Waals surface area (Å²) in [7, 11) is -3.50. The molecule has 2 fully saturated rings. The van der Waals surface area contributed by atoms with Gasteiger partial charge in [-0.1, -0.05) is 54.7 Å². The zero-order valence-corrected chi connectivity index (χ0v) is 18.1. The number of sulfonamides is 1. The number of allylic oxidation sites excluding steroid dienone is 1. The van der Waals surface area contributed by atoms with E-state index in [1.165, 1.54) is 17.6 Å². The predicted octanol–water partition coefficient (Wildman–Crippen LogP) is 4.59. The molecule has 1 saturated heterocycles. The minimum absolute atomic E-state index is 0.0809. The first-order chi connectivity index (χ1) is 13.2. The van der Waals surface area contributed by atoms with E-state index in [1.807, 2.05) is 32.9 Å². The number of nitrogens with zero attached hydrogens (tertiary/aromatic N) is 1. The molecule has 0 spiro atoms. The lowest BCUT2D eigenvalue weighted by molar-refractivity contribution is 0.00687. The molecule has 0 amide bonds. The van der Waals surface area contributed by atoms with Crippen LogP contribution in [0.2, 0.25) is 0 Å². The van der Waals surface area contributed by atoms with Gasteiger partial charge in [-0.2, -0.15) is 4.31 Å². The Morgan fingerprint density at radius 1 is 1.18 bits per heavy atom. The first-order valence-corrected chi connectivity index (χ1v) is 11.8. The first kappa shape index (κ1) is 21.3. The molecule has 1 heterocycles. The number of hydrogen-bond donors (Lipinski definition) is 1. The van der Waals surface area contributed by atoms with Crippen LogP contribution in [-0.2, 0) is 10.0 Å². The lowest BCUT2D eigenvalue weighted by atomic mass is 9.82. The molecule has 28 heavy (non-hydrogen) atoms. The van der Waals surface area contributed by atoms with Crippen LogP contribution < -0.4 is 0 Å². The molecule has 0 radical (unpaired) electrons. The summed E-state index contributed by atoms with van der Waals surface area (Å²) in [5.41, 5.74) is 2.81. The van der Waals surface area contributed by atoms with E-state index < -0.39 is 15.6 Å². The molecule has 1 aromatic rings. The van der Waals surface area contributed by atoms with Gasteiger partial charge < -0.3 is 5.11 Å². The van der Waals surface area contributed by atoms with Crippen LogP contribution in [0.3, 0.4) is 0 Å². The molecule has 154 valence electrons. The Morgan fingerprint density at radius 3 is 2.43 bits per heavy atom. The van der Waals surface area contributed by atoms with E-state index in [4.69, 9.17) is 0 Å². The molecule has 0 aromatic heterocycles. The maximum atomic E-state index is 13.1. The van der Waals surface area contributed by atoms with Crippen molar-refractivity contribution in [3.05, 3.63) is 53.1 Å². The van der Waals surface area contributed by atoms with E-state index in [2.05, 4.69) is 12.2 Å². The Morgan fingerprint density at radius 2 is 1.82 bits per heavy atom. The van der Waals surface area contributed by atoms with Gasteiger partial charge in [-0.25, -0.2) is 8.42 Å². The fourth-order valence-electron chi connectivity index (χ4n) is 4.32. The van der Waals surface area contributed by atoms with E-state index >= 15 is 0 Å². The minimum atomic E-state index is -3.50. The Bertz CT molecular complexity index is 842. The number of benzene rings is 1. The molecule has 0 bridgehead atoms. The van der Waals surface area contributed by atoms with Gasteiger partial charge >= 0.3 is 0 Å². The van der Waals surface area contributed by atoms with E-state index in [0.717, 1.165) is 31.2 Å². The molecular weight excluding hydrogens is 370 g/mol. The highest BCUT2D eigenvalue weighted by Gasteiger charge is 2.35. The third kappa shape index (κ3) is 4.76. The number of hydrogen-bond acceptors (Lipinski definition) is 3. The molecule has 4 nitrogen and oxygen atoms in total. The van der Waals surface area contributed by atoms with E-state index in [1.54, 1.807) is 16.4 Å². The largest absolute Gasteiger partial charge is 0.390 e. The van der Waals surface area contributed by atoms with Crippen LogP contribution in [0.15, 0.2) is 52.5 Å². The maximum absolute atomic E-state index is 13.1. The highest BCUT2D eigenvalue weighted by molar-refractivity contribution is 7.89. The van der Waals surface area contributed by atoms with Gasteiger partial charge in [-0.05, 0) is 57.7 Å². The van der Waals surface area contributed by atoms with E-state index in [-0.39, 0.29) is 5.92 Å². The highest BCUT2D eigenvalue weighted by atomic mass is 32.2. The average Bonchev–Trinajstić information content (AvgIpc) is 3.08. The molecule has 2 aliphatic rings. The van der Waals surface area contributed by atoms with Crippen molar-refractivity contribution in [1.29, 1.82) is 0 Å². The third-order valence-corrected chi connectivity index (χ3v) is 7.97. The monoisotopic (exact) mass is 403 g/mol. The zero-order chi connectivity index (χ0) is 20.4. The molecule has 3 rings (SSSR count). The molecule has 1 saturated carbocycles. The summed E-state index contributed by atoms with van der Waals surface area (Å²) >= 11 is 0. The number of rotatable bonds is 5. The second kappa shape index (κ2) is 8.52. The van der Waals surface area contributed by atoms with E-state index in [9.17, 15) is 13.5 Å². The highest BCUT2D eigenvalue weighted by Crippen LogP contribution is 2.34. The fourth-order valence-corrected chi connectivity index (χ4v) is 5.76. The van der Waals surface area contributed by atoms with Crippen molar-refractivity contribution in [2.75, 3.05) is 13.1 Å². The fraction of sp³-hybridized carbons (Fsp3) is 0.565. The molecule has 1 N–H and O–H groups in total. The maximum Gasteiger partial charge on any atom is 0.243 e. The van der Waals surface area contributed by atoms with Crippen LogP contribution in [-0.4, -0.2) is 36.5 Å². The van der Waals surface area contributed by atoms with Crippen LogP contribution in [0.4, 0.5) is 0 Å². The van der Waals surface area contributed by atoms with Gasteiger partial charge in [0, 0.05) is 19.0 Å². The molecule has 1 aliphatic carbocycles. The Labute approximate surface area is 170 Å². The normalized spacial score (nSPS) is 23.4. The molecule has 1 atom stereocenters. The van der Waals surface area contributed by atoms with Crippen molar-refractivity contribution in [3.8, 4) is 0 Å². The lowest BCUT2D eigenvalue weighted by Gasteiger charge is -2.31. The Kier molecular flexibility index (Phi) is 6.47. The van der Waals surface area contributed by atoms with Crippen molar-refractivity contribution in [1.82, 2.24) is 4.31 Å². The summed E-state index contributed by atoms with van der Waals surface area (Å²) in [4.78, 5) is 0.354. The van der Waals surface area contributed by atoms with Crippen LogP contribution >= 0.6 is 0 Å². The Hall–Kier alpha value is -1.43. The van der Waals surface area contributed by atoms with Crippen LogP contribution in [0.5, 0.6) is 0 Å². The Balaban J connectivity index is 1.75. The molecular formula is C23H33NO3S. The quantitative estimate of drug-likeness (QED) is 0.732. The van der Waals surface area contributed by atoms with Crippen molar-refractivity contribution < 1.29 is 13.5 Å². The average molecular weight is 404 g/mol. The minimum Gasteiger partial charge on any atom is -0.390 e. The lowest BCUT2D eigenvalue weighted by Crippen LogP contribution is -2.30. The smallest absolute Gasteiger partial charge is 0.243 e. The topological polar surface area (TPSA) is 57.6 Å². The second-order valence-electron chi connectivity index (χ2n) is 8.66. The summed E-state index contributed by atoms with van der Waals surface area (Å²) < 4.78 is 27.7. The molecule has 1 aromatic carbocycles. The summed E-state index contributed by atoms with van der Waals surface area (Å²) in [6, 6.07) is 7.06. The summed E-state index contributed by atoms with van der Waals surface area (Å²) in [5, 5.41) is 10.7. The van der Waals surface area contributed by atoms with Gasteiger partial charge in [0.05, 0.1) is 10.5 Å². The standard InChI is InChI=1S/C23H33NO3S/c1-18(2)22-17-24(28(26,27)21-11-9-19(3)10-12-21)16-20(22)8-7-15-23(25)13-5-4-6-14-23/h7-12,20,25H,4-6,13-17H2,1-3H3/b8-7+. The summed E-state index contributed by atoms with van der Waals surface area (Å²) in [5.74, 6) is 0.0809. The van der Waals surface area contributed by atoms with Crippen molar-refractivity contribution in [3.63, 3.8) is 0 Å². The number of aliphatic hydroxyl groups is 1. The van der Waals surface area contributed by atoms with Gasteiger partial charge in [0.25, 0.3) is 0 Å². The first-order valence-electron chi connectivity index (χ1n) is 10.3. The molecule has 5 heteroatoms. The van der Waals surface area contributed by atoms with Crippen LogP contribution in [0, 0.1) is 12.8 Å². The zero-order valence-electron chi connectivity index (χ0n) is 17.3. The van der Waals surface area contributed by atoms with Crippen molar-refractivity contribution in [2.45, 2.75) is 69.8 Å². The van der Waals surface area contributed by atoms with Gasteiger partial charge in [0.15, 0.2) is 0 Å². The van der Waals surface area contributed by atoms with Crippen LogP contribution in [0.25, 0.3) is 0 Å². The van der Waals surface area contributed by atoms with Crippen molar-refractivity contribution >= 4 is 10.0 Å². The van der Waals surface area contributed by atoms with Crippen LogP contribution in [0.1, 0.15) is 57.9 Å². The SMILES string of the molecule is CC(C)=C1CN(S(=O)(=O)c2ccc(C)cc2)CC1/C=C/CC1(O)CCCCC1. The van der Waals surface area contributed by atoms with Gasteiger partial charge in [0.1, 0.15) is 0 Å². The van der Waals surface area contributed by atoms with E-state index in [0.29, 0.717) is 24.4 Å². The molecule has 1 unspecified atom stereocenters. The third-order valence-electron chi connectivity index (χ3n) is 6.15.